The molecule has 0 saturated heterocycles. The van der Waals surface area contributed by atoms with E-state index in [-0.39, 0.29) is 12.3 Å². The summed E-state index contributed by atoms with van der Waals surface area (Å²) in [6.07, 6.45) is 3.56. The Balaban J connectivity index is 1.78. The zero-order valence-electron chi connectivity index (χ0n) is 16.0. The van der Waals surface area contributed by atoms with Gasteiger partial charge in [-0.25, -0.2) is 4.79 Å². The molecule has 1 N–H and O–H groups in total. The Morgan fingerprint density at radius 2 is 2.14 bits per heavy atom. The van der Waals surface area contributed by atoms with E-state index >= 15 is 0 Å². The molecule has 1 aromatic heterocycles. The highest BCUT2D eigenvalue weighted by molar-refractivity contribution is 6.22. The molecule has 0 fully saturated rings. The van der Waals surface area contributed by atoms with E-state index in [1.807, 2.05) is 30.3 Å². The summed E-state index contributed by atoms with van der Waals surface area (Å²) in [5.41, 5.74) is 2.48. The van der Waals surface area contributed by atoms with Gasteiger partial charge in [0.1, 0.15) is 12.3 Å². The van der Waals surface area contributed by atoms with Crippen molar-refractivity contribution in [1.29, 1.82) is 5.26 Å². The molecule has 1 aliphatic carbocycles. The number of urea groups is 1. The number of nitrogens with zero attached hydrogens (tertiary/aromatic N) is 3. The number of fused-ring (bicyclic) bond motifs is 2. The van der Waals surface area contributed by atoms with Crippen molar-refractivity contribution >= 4 is 17.5 Å². The number of Topliss-reactive ketones (excluding diaryl/α,β-unsaturated/α-hetero) is 1. The van der Waals surface area contributed by atoms with Crippen LogP contribution >= 0.6 is 0 Å². The van der Waals surface area contributed by atoms with Crippen molar-refractivity contribution in [3.63, 3.8) is 0 Å². The minimum absolute atomic E-state index is 0.166. The lowest BCUT2D eigenvalue weighted by atomic mass is 9.94. The van der Waals surface area contributed by atoms with E-state index in [1.54, 1.807) is 18.3 Å². The smallest absolute Gasteiger partial charge is 0.323 e. The van der Waals surface area contributed by atoms with Gasteiger partial charge in [0.15, 0.2) is 5.78 Å². The number of carbonyl (C=O) groups excluding carboxylic acids is 2. The predicted octanol–water partition coefficient (Wildman–Crippen LogP) is 3.46. The van der Waals surface area contributed by atoms with Crippen LogP contribution in [0, 0.1) is 11.3 Å². The summed E-state index contributed by atoms with van der Waals surface area (Å²) in [4.78, 5) is 31.6. The van der Waals surface area contributed by atoms with Gasteiger partial charge in [0.25, 0.3) is 0 Å². The van der Waals surface area contributed by atoms with E-state index in [2.05, 4.69) is 17.2 Å². The number of rotatable bonds is 6. The molecule has 1 aromatic carbocycles. The van der Waals surface area contributed by atoms with Crippen molar-refractivity contribution in [2.45, 2.75) is 25.8 Å². The highest BCUT2D eigenvalue weighted by atomic mass is 16.5. The average Bonchev–Trinajstić information content (AvgIpc) is 3.03. The highest BCUT2D eigenvalue weighted by Crippen LogP contribution is 2.43. The fraction of sp³-hybridized carbons (Fsp3) is 0.273. The van der Waals surface area contributed by atoms with Crippen LogP contribution in [0.5, 0.6) is 5.75 Å². The highest BCUT2D eigenvalue weighted by Gasteiger charge is 2.44. The summed E-state index contributed by atoms with van der Waals surface area (Å²) in [6.45, 7) is 2.53. The van der Waals surface area contributed by atoms with Gasteiger partial charge in [-0.05, 0) is 36.2 Å². The number of nitriles is 1. The van der Waals surface area contributed by atoms with Crippen LogP contribution in [0.3, 0.4) is 0 Å². The molecule has 7 heteroatoms. The summed E-state index contributed by atoms with van der Waals surface area (Å²) >= 11 is 0. The first-order valence-corrected chi connectivity index (χ1v) is 9.57. The summed E-state index contributed by atoms with van der Waals surface area (Å²) in [7, 11) is 0. The maximum absolute atomic E-state index is 13.2. The first kappa shape index (κ1) is 18.7. The van der Waals surface area contributed by atoms with E-state index in [1.165, 1.54) is 4.90 Å². The standard InChI is InChI=1S/C22H20N4O3/c1-2-3-12-29-15-7-4-6-14(13-15)18-17-20(26(11-9-23)22(28)25-18)19-16(21(17)27)8-5-10-24-19/h4-8,10,13,18H,2-3,11-12H2,1H3,(H,25,28). The molecule has 7 nitrogen and oxygen atoms in total. The molecule has 2 amide bonds. The number of nitrogens with one attached hydrogen (secondary N) is 1. The molecule has 29 heavy (non-hydrogen) atoms. The van der Waals surface area contributed by atoms with Crippen molar-refractivity contribution in [1.82, 2.24) is 15.2 Å². The maximum atomic E-state index is 13.2. The van der Waals surface area contributed by atoms with E-state index in [4.69, 9.17) is 4.74 Å². The Kier molecular flexibility index (Phi) is 5.00. The Morgan fingerprint density at radius 1 is 1.28 bits per heavy atom. The second-order valence-corrected chi connectivity index (χ2v) is 6.89. The normalized spacial score (nSPS) is 17.5. The van der Waals surface area contributed by atoms with Crippen LogP contribution in [0.1, 0.15) is 47.4 Å². The van der Waals surface area contributed by atoms with Gasteiger partial charge < -0.3 is 10.1 Å². The number of pyridine rings is 1. The van der Waals surface area contributed by atoms with Gasteiger partial charge in [0.05, 0.1) is 41.2 Å². The Labute approximate surface area is 168 Å². The molecule has 146 valence electrons. The van der Waals surface area contributed by atoms with Crippen molar-refractivity contribution in [2.75, 3.05) is 13.2 Å². The quantitative estimate of drug-likeness (QED) is 0.604. The molecule has 1 unspecified atom stereocenters. The Hall–Kier alpha value is -3.66. The second kappa shape index (κ2) is 7.76. The van der Waals surface area contributed by atoms with E-state index in [0.29, 0.717) is 34.9 Å². The Bertz CT molecular complexity index is 1050. The molecule has 0 saturated carbocycles. The summed E-state index contributed by atoms with van der Waals surface area (Å²) < 4.78 is 5.78. The average molecular weight is 388 g/mol. The van der Waals surface area contributed by atoms with Crippen LogP contribution in [-0.4, -0.2) is 34.8 Å². The van der Waals surface area contributed by atoms with Crippen molar-refractivity contribution in [3.8, 4) is 11.8 Å². The third kappa shape index (κ3) is 3.23. The molecule has 2 aliphatic rings. The van der Waals surface area contributed by atoms with E-state index in [0.717, 1.165) is 18.4 Å². The first-order valence-electron chi connectivity index (χ1n) is 9.57. The fourth-order valence-corrected chi connectivity index (χ4v) is 3.66. The predicted molar refractivity (Wildman–Crippen MR) is 106 cm³/mol. The number of ether oxygens (including phenoxy) is 1. The van der Waals surface area contributed by atoms with E-state index in [9.17, 15) is 14.9 Å². The van der Waals surface area contributed by atoms with Gasteiger partial charge >= 0.3 is 6.03 Å². The number of hydrogen-bond donors (Lipinski definition) is 1. The fourth-order valence-electron chi connectivity index (χ4n) is 3.66. The van der Waals surface area contributed by atoms with Gasteiger partial charge in [0.2, 0.25) is 0 Å². The molecular weight excluding hydrogens is 368 g/mol. The topological polar surface area (TPSA) is 95.3 Å². The minimum atomic E-state index is -0.635. The lowest BCUT2D eigenvalue weighted by Crippen LogP contribution is -2.46. The summed E-state index contributed by atoms with van der Waals surface area (Å²) in [5, 5.41) is 12.0. The van der Waals surface area contributed by atoms with Crippen molar-refractivity contribution in [3.05, 3.63) is 65.0 Å². The zero-order chi connectivity index (χ0) is 20.4. The first-order chi connectivity index (χ1) is 14.2. The lowest BCUT2D eigenvalue weighted by Gasteiger charge is -2.32. The van der Waals surface area contributed by atoms with Crippen LogP contribution in [0.2, 0.25) is 0 Å². The molecular formula is C22H20N4O3. The third-order valence-electron chi connectivity index (χ3n) is 5.03. The third-order valence-corrected chi connectivity index (χ3v) is 5.03. The molecule has 0 spiro atoms. The second-order valence-electron chi connectivity index (χ2n) is 6.89. The molecule has 0 bridgehead atoms. The number of aromatic nitrogens is 1. The molecule has 2 aromatic rings. The molecule has 0 radical (unpaired) electrons. The van der Waals surface area contributed by atoms with Crippen molar-refractivity contribution < 1.29 is 14.3 Å². The number of ketones is 1. The Morgan fingerprint density at radius 3 is 2.93 bits per heavy atom. The number of amides is 2. The van der Waals surface area contributed by atoms with Crippen LogP contribution in [0.4, 0.5) is 4.79 Å². The number of carbonyl (C=O) groups is 2. The zero-order valence-corrected chi connectivity index (χ0v) is 16.0. The van der Waals surface area contributed by atoms with Crippen LogP contribution in [0.15, 0.2) is 48.2 Å². The SMILES string of the molecule is CCCCOc1cccc(C2NC(=O)N(CC#N)C3=C2C(=O)c2cccnc23)c1. The molecule has 2 heterocycles. The molecule has 1 atom stereocenters. The van der Waals surface area contributed by atoms with Crippen molar-refractivity contribution in [2.24, 2.45) is 0 Å². The van der Waals surface area contributed by atoms with Gasteiger partial charge in [-0.2, -0.15) is 5.26 Å². The van der Waals surface area contributed by atoms with Crippen LogP contribution in [-0.2, 0) is 0 Å². The van der Waals surface area contributed by atoms with Gasteiger partial charge in [-0.1, -0.05) is 25.5 Å². The number of unbranched alkanes of at least 4 members (excludes halogenated alkanes) is 1. The monoisotopic (exact) mass is 388 g/mol. The van der Waals surface area contributed by atoms with E-state index < -0.39 is 12.1 Å². The minimum Gasteiger partial charge on any atom is -0.494 e. The van der Waals surface area contributed by atoms with Gasteiger partial charge in [0, 0.05) is 6.20 Å². The van der Waals surface area contributed by atoms with Crippen LogP contribution in [0.25, 0.3) is 5.70 Å². The number of benzene rings is 1. The largest absolute Gasteiger partial charge is 0.494 e. The molecule has 4 rings (SSSR count). The summed E-state index contributed by atoms with van der Waals surface area (Å²) in [5.74, 6) is 0.501. The van der Waals surface area contributed by atoms with Gasteiger partial charge in [-0.15, -0.1) is 0 Å². The summed E-state index contributed by atoms with van der Waals surface area (Å²) in [6, 6.07) is 11.7. The van der Waals surface area contributed by atoms with Gasteiger partial charge in [-0.3, -0.25) is 14.7 Å². The molecule has 1 aliphatic heterocycles. The maximum Gasteiger partial charge on any atom is 0.323 e. The number of hydrogen-bond acceptors (Lipinski definition) is 5. The lowest BCUT2D eigenvalue weighted by molar-refractivity contribution is 0.102. The van der Waals surface area contributed by atoms with Crippen LogP contribution < -0.4 is 10.1 Å².